The number of rotatable bonds is 6. The van der Waals surface area contributed by atoms with Crippen molar-refractivity contribution in [2.75, 3.05) is 38.3 Å². The Hall–Kier alpha value is -2.75. The molecule has 0 saturated carbocycles. The molecule has 0 spiro atoms. The molecule has 0 bridgehead atoms. The molecule has 170 valence electrons. The Balaban J connectivity index is 1.48. The summed E-state index contributed by atoms with van der Waals surface area (Å²) in [5, 5.41) is 15.3. The van der Waals surface area contributed by atoms with Crippen molar-refractivity contribution in [2.24, 2.45) is 0 Å². The first-order valence-electron chi connectivity index (χ1n) is 10.0. The average Bonchev–Trinajstić information content (AvgIpc) is 3.43. The van der Waals surface area contributed by atoms with Gasteiger partial charge in [-0.05, 0) is 19.1 Å². The number of piperazine rings is 1. The molecule has 9 nitrogen and oxygen atoms in total. The fourth-order valence-electron chi connectivity index (χ4n) is 3.79. The number of oxazole rings is 1. The normalized spacial score (nSPS) is 16.5. The Morgan fingerprint density at radius 3 is 2.84 bits per heavy atom. The molecule has 2 aromatic heterocycles. The summed E-state index contributed by atoms with van der Waals surface area (Å²) < 4.78 is 12.1. The van der Waals surface area contributed by atoms with Crippen LogP contribution in [-0.4, -0.2) is 70.1 Å². The molecular formula is C21H23Cl2N5O4. The minimum Gasteiger partial charge on any atom is -0.495 e. The van der Waals surface area contributed by atoms with Crippen LogP contribution in [0.15, 0.2) is 35.1 Å². The molecule has 1 fully saturated rings. The van der Waals surface area contributed by atoms with Crippen LogP contribution in [-0.2, 0) is 11.3 Å². The lowest BCUT2D eigenvalue weighted by molar-refractivity contribution is -0.135. The monoisotopic (exact) mass is 479 g/mol. The summed E-state index contributed by atoms with van der Waals surface area (Å²) in [6, 6.07) is 5.16. The number of aromatic nitrogens is 3. The molecule has 1 aliphatic heterocycles. The molecule has 0 aliphatic carbocycles. The highest BCUT2D eigenvalue weighted by Gasteiger charge is 2.31. The van der Waals surface area contributed by atoms with E-state index >= 15 is 0 Å². The summed E-state index contributed by atoms with van der Waals surface area (Å²) >= 11 is 12.5. The third kappa shape index (κ3) is 4.28. The van der Waals surface area contributed by atoms with Gasteiger partial charge in [-0.1, -0.05) is 23.2 Å². The molecule has 4 rings (SSSR count). The number of carbonyl (C=O) groups excluding carboxylic acids is 1. The summed E-state index contributed by atoms with van der Waals surface area (Å²) in [5.74, 6) is 0.722. The first kappa shape index (κ1) is 22.4. The molecular weight excluding hydrogens is 457 g/mol. The number of carbonyl (C=O) groups is 1. The second kappa shape index (κ2) is 9.40. The van der Waals surface area contributed by atoms with Crippen molar-refractivity contribution in [1.82, 2.24) is 19.7 Å². The van der Waals surface area contributed by atoms with E-state index in [1.807, 2.05) is 12.1 Å². The van der Waals surface area contributed by atoms with E-state index in [-0.39, 0.29) is 25.1 Å². The number of halogens is 2. The maximum atomic E-state index is 13.1. The molecule has 0 radical (unpaired) electrons. The van der Waals surface area contributed by atoms with Gasteiger partial charge in [-0.2, -0.15) is 5.10 Å². The van der Waals surface area contributed by atoms with Crippen molar-refractivity contribution < 1.29 is 19.1 Å². The number of amides is 1. The predicted molar refractivity (Wildman–Crippen MR) is 120 cm³/mol. The second-order valence-electron chi connectivity index (χ2n) is 7.43. The fourth-order valence-corrected chi connectivity index (χ4v) is 4.20. The molecule has 1 aliphatic rings. The number of benzene rings is 1. The van der Waals surface area contributed by atoms with Crippen molar-refractivity contribution in [3.8, 4) is 17.3 Å². The number of ether oxygens (including phenoxy) is 1. The highest BCUT2D eigenvalue weighted by atomic mass is 35.5. The lowest BCUT2D eigenvalue weighted by Crippen LogP contribution is -2.57. The number of aliphatic hydroxyl groups excluding tert-OH is 1. The molecule has 3 heterocycles. The van der Waals surface area contributed by atoms with Gasteiger partial charge in [-0.15, -0.1) is 0 Å². The van der Waals surface area contributed by atoms with Crippen molar-refractivity contribution in [2.45, 2.75) is 19.5 Å². The van der Waals surface area contributed by atoms with Gasteiger partial charge in [0, 0.05) is 31.4 Å². The predicted octanol–water partition coefficient (Wildman–Crippen LogP) is 2.87. The van der Waals surface area contributed by atoms with E-state index in [1.54, 1.807) is 25.0 Å². The summed E-state index contributed by atoms with van der Waals surface area (Å²) in [6.07, 6.45) is 2.94. The molecule has 0 unspecified atom stereocenters. The topological polar surface area (TPSA) is 96.9 Å². The van der Waals surface area contributed by atoms with Crippen LogP contribution in [0.25, 0.3) is 11.6 Å². The highest BCUT2D eigenvalue weighted by molar-refractivity contribution is 6.33. The first-order valence-corrected chi connectivity index (χ1v) is 10.8. The van der Waals surface area contributed by atoms with Crippen LogP contribution in [0, 0.1) is 6.92 Å². The molecule has 11 heteroatoms. The molecule has 1 N–H and O–H groups in total. The summed E-state index contributed by atoms with van der Waals surface area (Å²) in [6.45, 7) is 3.16. The Labute approximate surface area is 195 Å². The van der Waals surface area contributed by atoms with Crippen LogP contribution < -0.4 is 9.64 Å². The third-order valence-electron chi connectivity index (χ3n) is 5.57. The van der Waals surface area contributed by atoms with Crippen LogP contribution in [0.2, 0.25) is 10.0 Å². The molecule has 1 amide bonds. The van der Waals surface area contributed by atoms with Crippen molar-refractivity contribution in [3.63, 3.8) is 0 Å². The lowest BCUT2D eigenvalue weighted by Gasteiger charge is -2.41. The highest BCUT2D eigenvalue weighted by Crippen LogP contribution is 2.31. The van der Waals surface area contributed by atoms with E-state index in [1.165, 1.54) is 17.1 Å². The average molecular weight is 480 g/mol. The van der Waals surface area contributed by atoms with Gasteiger partial charge >= 0.3 is 0 Å². The summed E-state index contributed by atoms with van der Waals surface area (Å²) in [4.78, 5) is 21.0. The van der Waals surface area contributed by atoms with E-state index in [9.17, 15) is 9.90 Å². The summed E-state index contributed by atoms with van der Waals surface area (Å²) in [5.41, 5.74) is 1.95. The van der Waals surface area contributed by atoms with E-state index in [0.29, 0.717) is 52.7 Å². The zero-order chi connectivity index (χ0) is 22.8. The minimum atomic E-state index is -0.365. The summed E-state index contributed by atoms with van der Waals surface area (Å²) in [7, 11) is 1.56. The number of hydrogen-bond acceptors (Lipinski definition) is 7. The number of hydrogen-bond donors (Lipinski definition) is 1. The van der Waals surface area contributed by atoms with E-state index in [4.69, 9.17) is 32.4 Å². The van der Waals surface area contributed by atoms with Gasteiger partial charge in [0.2, 0.25) is 11.8 Å². The SMILES string of the molecule is COc1cc(N2CCN(C(=O)Cn3nc(-c4ncco4)c(Cl)c3C)[C@@H](CO)C2)ccc1Cl. The maximum Gasteiger partial charge on any atom is 0.248 e. The number of methoxy groups -OCH3 is 1. The van der Waals surface area contributed by atoms with E-state index in [0.717, 1.165) is 5.69 Å². The third-order valence-corrected chi connectivity index (χ3v) is 6.33. The standard InChI is InChI=1S/C21H23Cl2N5O4/c1-13-19(23)20(21-24-5-8-32-21)25-28(13)11-18(30)27-7-6-26(10-15(27)12-29)14-3-4-16(22)17(9-14)31-2/h3-5,8-9,15,29H,6-7,10-12H2,1-2H3/t15-/m1/s1. The number of nitrogens with zero attached hydrogens (tertiary/aromatic N) is 5. The van der Waals surface area contributed by atoms with Gasteiger partial charge in [0.15, 0.2) is 5.69 Å². The molecule has 3 aromatic rings. The number of aliphatic hydroxyl groups is 1. The van der Waals surface area contributed by atoms with Crippen molar-refractivity contribution in [1.29, 1.82) is 0 Å². The quantitative estimate of drug-likeness (QED) is 0.580. The minimum absolute atomic E-state index is 0.00245. The smallest absolute Gasteiger partial charge is 0.248 e. The van der Waals surface area contributed by atoms with Crippen LogP contribution in [0.5, 0.6) is 5.75 Å². The Kier molecular flexibility index (Phi) is 6.59. The number of anilines is 1. The Bertz CT molecular complexity index is 1100. The molecule has 1 saturated heterocycles. The van der Waals surface area contributed by atoms with Gasteiger partial charge in [0.25, 0.3) is 0 Å². The molecule has 1 atom stereocenters. The Morgan fingerprint density at radius 1 is 1.34 bits per heavy atom. The van der Waals surface area contributed by atoms with Gasteiger partial charge in [0.1, 0.15) is 18.6 Å². The van der Waals surface area contributed by atoms with Crippen LogP contribution in [0.3, 0.4) is 0 Å². The van der Waals surface area contributed by atoms with Gasteiger partial charge in [0.05, 0.1) is 41.7 Å². The van der Waals surface area contributed by atoms with E-state index in [2.05, 4.69) is 15.0 Å². The zero-order valence-corrected chi connectivity index (χ0v) is 19.2. The maximum absolute atomic E-state index is 13.1. The van der Waals surface area contributed by atoms with Gasteiger partial charge in [-0.25, -0.2) is 4.98 Å². The fraction of sp³-hybridized carbons (Fsp3) is 0.381. The van der Waals surface area contributed by atoms with Crippen molar-refractivity contribution >= 4 is 34.8 Å². The molecule has 32 heavy (non-hydrogen) atoms. The van der Waals surface area contributed by atoms with E-state index < -0.39 is 0 Å². The van der Waals surface area contributed by atoms with Gasteiger partial charge in [-0.3, -0.25) is 9.48 Å². The lowest BCUT2D eigenvalue weighted by atomic mass is 10.1. The second-order valence-corrected chi connectivity index (χ2v) is 8.22. The van der Waals surface area contributed by atoms with Crippen LogP contribution in [0.1, 0.15) is 5.69 Å². The van der Waals surface area contributed by atoms with Crippen LogP contribution >= 0.6 is 23.2 Å². The largest absolute Gasteiger partial charge is 0.495 e. The first-order chi connectivity index (χ1) is 15.4. The van der Waals surface area contributed by atoms with Crippen LogP contribution in [0.4, 0.5) is 5.69 Å². The molecule has 1 aromatic carbocycles. The van der Waals surface area contributed by atoms with Crippen molar-refractivity contribution in [3.05, 3.63) is 46.4 Å². The van der Waals surface area contributed by atoms with Gasteiger partial charge < -0.3 is 24.1 Å². The Morgan fingerprint density at radius 2 is 2.16 bits per heavy atom. The zero-order valence-electron chi connectivity index (χ0n) is 17.7.